The predicted molar refractivity (Wildman–Crippen MR) is 73.2 cm³/mol. The van der Waals surface area contributed by atoms with Crippen LogP contribution in [0.15, 0.2) is 30.5 Å². The van der Waals surface area contributed by atoms with Crippen molar-refractivity contribution in [2.75, 3.05) is 18.5 Å². The van der Waals surface area contributed by atoms with E-state index in [9.17, 15) is 10.1 Å². The Bertz CT molecular complexity index is 586. The molecule has 1 aromatic heterocycles. The van der Waals surface area contributed by atoms with Crippen LogP contribution in [-0.4, -0.2) is 28.2 Å². The van der Waals surface area contributed by atoms with E-state index in [1.807, 2.05) is 6.07 Å². The number of fused-ring (bicyclic) bond motifs is 1. The molecule has 0 atom stereocenters. The maximum atomic E-state index is 10.9. The monoisotopic (exact) mass is 261 g/mol. The number of nitrogens with one attached hydrogen (secondary N) is 1. The normalized spacial score (nSPS) is 10.6. The fourth-order valence-electron chi connectivity index (χ4n) is 1.92. The van der Waals surface area contributed by atoms with Gasteiger partial charge >= 0.3 is 0 Å². The van der Waals surface area contributed by atoms with Gasteiger partial charge in [-0.1, -0.05) is 0 Å². The summed E-state index contributed by atoms with van der Waals surface area (Å²) in [4.78, 5) is 14.6. The lowest BCUT2D eigenvalue weighted by atomic mass is 10.1. The first-order valence-electron chi connectivity index (χ1n) is 6.11. The number of aromatic nitrogens is 1. The van der Waals surface area contributed by atoms with Crippen LogP contribution in [0.25, 0.3) is 10.9 Å². The van der Waals surface area contributed by atoms with Gasteiger partial charge < -0.3 is 10.4 Å². The molecule has 0 saturated carbocycles. The SMILES string of the molecule is O=[N+]([O-])c1ccc(NCCCCO)c2cccnc12. The molecule has 6 heteroatoms. The van der Waals surface area contributed by atoms with E-state index in [2.05, 4.69) is 10.3 Å². The Morgan fingerprint density at radius 3 is 2.89 bits per heavy atom. The number of aliphatic hydroxyl groups is 1. The molecular formula is C13H15N3O3. The largest absolute Gasteiger partial charge is 0.396 e. The van der Waals surface area contributed by atoms with Crippen LogP contribution in [0.3, 0.4) is 0 Å². The number of aliphatic hydroxyl groups excluding tert-OH is 1. The Kier molecular flexibility index (Phi) is 4.25. The minimum atomic E-state index is -0.426. The van der Waals surface area contributed by atoms with Crippen molar-refractivity contribution in [3.8, 4) is 0 Å². The van der Waals surface area contributed by atoms with Crippen molar-refractivity contribution in [2.24, 2.45) is 0 Å². The molecule has 2 N–H and O–H groups in total. The van der Waals surface area contributed by atoms with Gasteiger partial charge in [0.2, 0.25) is 0 Å². The van der Waals surface area contributed by atoms with Crippen LogP contribution in [0, 0.1) is 10.1 Å². The summed E-state index contributed by atoms with van der Waals surface area (Å²) in [5, 5.41) is 23.6. The van der Waals surface area contributed by atoms with Gasteiger partial charge in [0.05, 0.1) is 4.92 Å². The molecule has 2 aromatic rings. The van der Waals surface area contributed by atoms with E-state index in [1.54, 1.807) is 18.3 Å². The van der Waals surface area contributed by atoms with Crippen LogP contribution < -0.4 is 5.32 Å². The number of pyridine rings is 1. The summed E-state index contributed by atoms with van der Waals surface area (Å²) in [6, 6.07) is 6.72. The second-order valence-electron chi connectivity index (χ2n) is 4.15. The molecule has 0 spiro atoms. The first-order chi connectivity index (χ1) is 9.24. The van der Waals surface area contributed by atoms with E-state index in [-0.39, 0.29) is 12.3 Å². The van der Waals surface area contributed by atoms with Gasteiger partial charge in [0.1, 0.15) is 5.52 Å². The molecule has 0 amide bonds. The Morgan fingerprint density at radius 1 is 1.32 bits per heavy atom. The number of anilines is 1. The summed E-state index contributed by atoms with van der Waals surface area (Å²) >= 11 is 0. The summed E-state index contributed by atoms with van der Waals surface area (Å²) in [5.74, 6) is 0. The lowest BCUT2D eigenvalue weighted by Crippen LogP contribution is -2.03. The second-order valence-corrected chi connectivity index (χ2v) is 4.15. The quantitative estimate of drug-likeness (QED) is 0.473. The standard InChI is InChI=1S/C13H15N3O3/c17-9-2-1-7-14-11-5-6-12(16(18)19)13-10(11)4-3-8-15-13/h3-6,8,14,17H,1-2,7,9H2. The van der Waals surface area contributed by atoms with Gasteiger partial charge in [0.15, 0.2) is 0 Å². The second kappa shape index (κ2) is 6.10. The zero-order chi connectivity index (χ0) is 13.7. The first-order valence-corrected chi connectivity index (χ1v) is 6.11. The zero-order valence-corrected chi connectivity index (χ0v) is 10.4. The number of nitro groups is 1. The number of nitrogens with zero attached hydrogens (tertiary/aromatic N) is 2. The van der Waals surface area contributed by atoms with Gasteiger partial charge in [-0.05, 0) is 31.0 Å². The molecule has 0 bridgehead atoms. The van der Waals surface area contributed by atoms with E-state index >= 15 is 0 Å². The molecule has 0 aliphatic carbocycles. The summed E-state index contributed by atoms with van der Waals surface area (Å²) in [7, 11) is 0. The summed E-state index contributed by atoms with van der Waals surface area (Å²) < 4.78 is 0. The molecule has 0 fully saturated rings. The highest BCUT2D eigenvalue weighted by Gasteiger charge is 2.14. The number of hydrogen-bond donors (Lipinski definition) is 2. The summed E-state index contributed by atoms with van der Waals surface area (Å²) in [5.41, 5.74) is 1.22. The number of benzene rings is 1. The number of rotatable bonds is 6. The van der Waals surface area contributed by atoms with E-state index < -0.39 is 4.92 Å². The minimum absolute atomic E-state index is 0.0107. The lowest BCUT2D eigenvalue weighted by molar-refractivity contribution is -0.383. The Balaban J connectivity index is 2.30. The molecule has 6 nitrogen and oxygen atoms in total. The summed E-state index contributed by atoms with van der Waals surface area (Å²) in [6.45, 7) is 0.882. The molecule has 1 heterocycles. The van der Waals surface area contributed by atoms with Crippen molar-refractivity contribution in [2.45, 2.75) is 12.8 Å². The third-order valence-corrected chi connectivity index (χ3v) is 2.85. The van der Waals surface area contributed by atoms with E-state index in [0.717, 1.165) is 23.9 Å². The van der Waals surface area contributed by atoms with Crippen LogP contribution in [0.4, 0.5) is 11.4 Å². The maximum absolute atomic E-state index is 10.9. The highest BCUT2D eigenvalue weighted by molar-refractivity contribution is 5.96. The van der Waals surface area contributed by atoms with Crippen LogP contribution >= 0.6 is 0 Å². The maximum Gasteiger partial charge on any atom is 0.295 e. The Morgan fingerprint density at radius 2 is 2.16 bits per heavy atom. The van der Waals surface area contributed by atoms with Crippen LogP contribution in [0.2, 0.25) is 0 Å². The molecule has 100 valence electrons. The molecule has 0 unspecified atom stereocenters. The fraction of sp³-hybridized carbons (Fsp3) is 0.308. The Labute approximate surface area is 110 Å². The molecule has 0 radical (unpaired) electrons. The lowest BCUT2D eigenvalue weighted by Gasteiger charge is -2.09. The molecule has 19 heavy (non-hydrogen) atoms. The third-order valence-electron chi connectivity index (χ3n) is 2.85. The first kappa shape index (κ1) is 13.2. The van der Waals surface area contributed by atoms with Gasteiger partial charge in [-0.3, -0.25) is 10.1 Å². The molecule has 0 aliphatic rings. The van der Waals surface area contributed by atoms with E-state index in [1.165, 1.54) is 6.07 Å². The van der Waals surface area contributed by atoms with E-state index in [4.69, 9.17) is 5.11 Å². The highest BCUT2D eigenvalue weighted by atomic mass is 16.6. The molecule has 1 aromatic carbocycles. The molecule has 0 aliphatic heterocycles. The van der Waals surface area contributed by atoms with Crippen molar-refractivity contribution in [3.63, 3.8) is 0 Å². The van der Waals surface area contributed by atoms with Crippen molar-refractivity contribution in [1.29, 1.82) is 0 Å². The van der Waals surface area contributed by atoms with Crippen LogP contribution in [0.5, 0.6) is 0 Å². The molecular weight excluding hydrogens is 246 g/mol. The third kappa shape index (κ3) is 2.97. The van der Waals surface area contributed by atoms with Crippen molar-refractivity contribution in [1.82, 2.24) is 4.98 Å². The zero-order valence-electron chi connectivity index (χ0n) is 10.4. The molecule has 2 rings (SSSR count). The van der Waals surface area contributed by atoms with Gasteiger partial charge in [0.25, 0.3) is 5.69 Å². The number of non-ortho nitro benzene ring substituents is 1. The number of unbranched alkanes of at least 4 members (excludes halogenated alkanes) is 1. The van der Waals surface area contributed by atoms with Crippen LogP contribution in [-0.2, 0) is 0 Å². The van der Waals surface area contributed by atoms with Gasteiger partial charge in [-0.15, -0.1) is 0 Å². The Hall–Kier alpha value is -2.21. The molecule has 0 saturated heterocycles. The van der Waals surface area contributed by atoms with Crippen LogP contribution in [0.1, 0.15) is 12.8 Å². The number of nitro benzene ring substituents is 1. The summed E-state index contributed by atoms with van der Waals surface area (Å²) in [6.07, 6.45) is 3.12. The smallest absolute Gasteiger partial charge is 0.295 e. The van der Waals surface area contributed by atoms with E-state index in [0.29, 0.717) is 12.1 Å². The van der Waals surface area contributed by atoms with Crippen molar-refractivity contribution < 1.29 is 10.0 Å². The minimum Gasteiger partial charge on any atom is -0.396 e. The highest BCUT2D eigenvalue weighted by Crippen LogP contribution is 2.29. The fourth-order valence-corrected chi connectivity index (χ4v) is 1.92. The number of hydrogen-bond acceptors (Lipinski definition) is 5. The van der Waals surface area contributed by atoms with Gasteiger partial charge in [0, 0.05) is 36.5 Å². The predicted octanol–water partition coefficient (Wildman–Crippen LogP) is 2.33. The average Bonchev–Trinajstić information content (AvgIpc) is 2.43. The van der Waals surface area contributed by atoms with Gasteiger partial charge in [-0.2, -0.15) is 0 Å². The topological polar surface area (TPSA) is 88.3 Å². The van der Waals surface area contributed by atoms with Crippen molar-refractivity contribution in [3.05, 3.63) is 40.6 Å². The average molecular weight is 261 g/mol. The van der Waals surface area contributed by atoms with Crippen molar-refractivity contribution >= 4 is 22.3 Å². The van der Waals surface area contributed by atoms with Gasteiger partial charge in [-0.25, -0.2) is 4.98 Å².